The largest absolute Gasteiger partial charge is 0.508 e. The summed E-state index contributed by atoms with van der Waals surface area (Å²) >= 11 is 1.55. The number of thiazole rings is 1. The van der Waals surface area contributed by atoms with Crippen molar-refractivity contribution < 1.29 is 14.3 Å². The van der Waals surface area contributed by atoms with Crippen molar-refractivity contribution in [1.29, 1.82) is 0 Å². The van der Waals surface area contributed by atoms with Crippen LogP contribution in [0, 0.1) is 0 Å². The second-order valence-corrected chi connectivity index (χ2v) is 6.10. The van der Waals surface area contributed by atoms with E-state index < -0.39 is 0 Å². The van der Waals surface area contributed by atoms with Crippen molar-refractivity contribution in [2.45, 2.75) is 0 Å². The van der Waals surface area contributed by atoms with Gasteiger partial charge in [-0.3, -0.25) is 4.79 Å². The van der Waals surface area contributed by atoms with Crippen LogP contribution in [-0.4, -0.2) is 16.4 Å². The van der Waals surface area contributed by atoms with Crippen LogP contribution in [0.15, 0.2) is 59.0 Å². The Hall–Kier alpha value is -2.92. The molecule has 0 atom stereocenters. The van der Waals surface area contributed by atoms with Gasteiger partial charge in [-0.15, -0.1) is 11.3 Å². The van der Waals surface area contributed by atoms with E-state index in [1.807, 2.05) is 24.3 Å². The van der Waals surface area contributed by atoms with Gasteiger partial charge in [-0.05, 0) is 42.5 Å². The zero-order chi connectivity index (χ0) is 15.8. The van der Waals surface area contributed by atoms with Gasteiger partial charge in [0, 0.05) is 11.1 Å². The maximum atomic E-state index is 10.7. The molecule has 0 fully saturated rings. The number of carbonyl (C=O) groups excluding carboxylic acids is 1. The summed E-state index contributed by atoms with van der Waals surface area (Å²) < 4.78 is 6.48. The molecule has 0 aliphatic rings. The van der Waals surface area contributed by atoms with Crippen molar-refractivity contribution in [3.05, 3.63) is 60.4 Å². The fourth-order valence-electron chi connectivity index (χ4n) is 2.41. The Bertz CT molecular complexity index is 1020. The number of carbonyl (C=O) groups is 1. The number of furan rings is 1. The highest BCUT2D eigenvalue weighted by atomic mass is 32.1. The Labute approximate surface area is 135 Å². The molecule has 2 aromatic heterocycles. The number of benzene rings is 2. The van der Waals surface area contributed by atoms with E-state index in [0.29, 0.717) is 17.8 Å². The van der Waals surface area contributed by atoms with Crippen LogP contribution in [0.5, 0.6) is 5.75 Å². The minimum Gasteiger partial charge on any atom is -0.508 e. The molecule has 0 amide bonds. The molecule has 4 nitrogen and oxygen atoms in total. The number of phenolic OH excluding ortho intramolecular Hbond substituents is 1. The fourth-order valence-corrected chi connectivity index (χ4v) is 3.41. The van der Waals surface area contributed by atoms with Gasteiger partial charge in [0.1, 0.15) is 16.5 Å². The van der Waals surface area contributed by atoms with Crippen LogP contribution in [0.25, 0.3) is 32.1 Å². The molecule has 0 spiro atoms. The van der Waals surface area contributed by atoms with Crippen molar-refractivity contribution in [1.82, 2.24) is 4.98 Å². The predicted molar refractivity (Wildman–Crippen MR) is 89.8 cm³/mol. The summed E-state index contributed by atoms with van der Waals surface area (Å²) in [6.07, 6.45) is 0.689. The lowest BCUT2D eigenvalue weighted by atomic mass is 10.1. The molecule has 0 aliphatic heterocycles. The first-order chi connectivity index (χ1) is 11.2. The quantitative estimate of drug-likeness (QED) is 0.553. The van der Waals surface area contributed by atoms with Crippen molar-refractivity contribution in [2.24, 2.45) is 0 Å². The SMILES string of the molecule is O=Cc1ccc(-c2ccc3nc(-c4cccc(O)c4)sc3c2)o1. The Morgan fingerprint density at radius 3 is 2.74 bits per heavy atom. The highest BCUT2D eigenvalue weighted by Gasteiger charge is 2.10. The Morgan fingerprint density at radius 2 is 1.96 bits per heavy atom. The average molecular weight is 321 g/mol. The first kappa shape index (κ1) is 13.7. The van der Waals surface area contributed by atoms with Gasteiger partial charge in [0.2, 0.25) is 0 Å². The topological polar surface area (TPSA) is 63.3 Å². The standard InChI is InChI=1S/C18H11NO3S/c20-10-14-5-7-16(22-14)11-4-6-15-17(9-11)23-18(19-15)12-2-1-3-13(21)8-12/h1-10,21H. The summed E-state index contributed by atoms with van der Waals surface area (Å²) in [5.74, 6) is 1.19. The summed E-state index contributed by atoms with van der Waals surface area (Å²) in [4.78, 5) is 15.3. The van der Waals surface area contributed by atoms with Gasteiger partial charge < -0.3 is 9.52 Å². The molecular weight excluding hydrogens is 310 g/mol. The van der Waals surface area contributed by atoms with Crippen LogP contribution in [0.2, 0.25) is 0 Å². The molecule has 4 aromatic rings. The van der Waals surface area contributed by atoms with Crippen molar-refractivity contribution in [3.63, 3.8) is 0 Å². The summed E-state index contributed by atoms with van der Waals surface area (Å²) in [6, 6.07) is 16.3. The van der Waals surface area contributed by atoms with E-state index in [1.165, 1.54) is 0 Å². The highest BCUT2D eigenvalue weighted by molar-refractivity contribution is 7.21. The minimum absolute atomic E-state index is 0.222. The van der Waals surface area contributed by atoms with Crippen LogP contribution in [-0.2, 0) is 0 Å². The molecule has 2 aromatic carbocycles. The summed E-state index contributed by atoms with van der Waals surface area (Å²) in [5.41, 5.74) is 2.67. The predicted octanol–water partition coefficient (Wildman–Crippen LogP) is 4.74. The molecule has 0 aliphatic carbocycles. The Kier molecular flexibility index (Phi) is 3.20. The number of aromatic hydroxyl groups is 1. The molecule has 2 heterocycles. The molecule has 0 saturated carbocycles. The van der Waals surface area contributed by atoms with Crippen molar-refractivity contribution >= 4 is 27.8 Å². The number of fused-ring (bicyclic) bond motifs is 1. The lowest BCUT2D eigenvalue weighted by Gasteiger charge is -1.96. The smallest absolute Gasteiger partial charge is 0.185 e. The van der Waals surface area contributed by atoms with E-state index in [2.05, 4.69) is 4.98 Å². The number of rotatable bonds is 3. The molecule has 1 N–H and O–H groups in total. The number of hydrogen-bond donors (Lipinski definition) is 1. The van der Waals surface area contributed by atoms with Crippen LogP contribution < -0.4 is 0 Å². The van der Waals surface area contributed by atoms with Gasteiger partial charge in [-0.2, -0.15) is 0 Å². The van der Waals surface area contributed by atoms with Gasteiger partial charge >= 0.3 is 0 Å². The molecule has 5 heteroatoms. The third-order valence-electron chi connectivity index (χ3n) is 3.51. The number of aldehydes is 1. The van der Waals surface area contributed by atoms with Gasteiger partial charge in [0.05, 0.1) is 10.2 Å². The summed E-state index contributed by atoms with van der Waals surface area (Å²) in [5, 5.41) is 10.5. The maximum Gasteiger partial charge on any atom is 0.185 e. The zero-order valence-corrected chi connectivity index (χ0v) is 12.7. The number of hydrogen-bond acceptors (Lipinski definition) is 5. The highest BCUT2D eigenvalue weighted by Crippen LogP contribution is 2.34. The molecule has 0 unspecified atom stereocenters. The third-order valence-corrected chi connectivity index (χ3v) is 4.58. The Morgan fingerprint density at radius 1 is 1.04 bits per heavy atom. The third kappa shape index (κ3) is 2.51. The van der Waals surface area contributed by atoms with Gasteiger partial charge in [-0.25, -0.2) is 4.98 Å². The van der Waals surface area contributed by atoms with E-state index in [1.54, 1.807) is 41.7 Å². The molecule has 4 rings (SSSR count). The Balaban J connectivity index is 1.79. The van der Waals surface area contributed by atoms with Gasteiger partial charge in [0.25, 0.3) is 0 Å². The van der Waals surface area contributed by atoms with E-state index in [-0.39, 0.29) is 5.75 Å². The first-order valence-electron chi connectivity index (χ1n) is 6.98. The minimum atomic E-state index is 0.222. The molecule has 23 heavy (non-hydrogen) atoms. The van der Waals surface area contributed by atoms with Crippen molar-refractivity contribution in [3.8, 4) is 27.6 Å². The lowest BCUT2D eigenvalue weighted by Crippen LogP contribution is -1.76. The molecule has 0 bridgehead atoms. The summed E-state index contributed by atoms with van der Waals surface area (Å²) in [6.45, 7) is 0. The van der Waals surface area contributed by atoms with Crippen LogP contribution in [0.1, 0.15) is 10.6 Å². The monoisotopic (exact) mass is 321 g/mol. The van der Waals surface area contributed by atoms with E-state index in [4.69, 9.17) is 4.42 Å². The zero-order valence-electron chi connectivity index (χ0n) is 11.9. The normalized spacial score (nSPS) is 11.0. The van der Waals surface area contributed by atoms with E-state index >= 15 is 0 Å². The average Bonchev–Trinajstić information content (AvgIpc) is 3.20. The second-order valence-electron chi connectivity index (χ2n) is 5.07. The fraction of sp³-hybridized carbons (Fsp3) is 0. The van der Waals surface area contributed by atoms with E-state index in [0.717, 1.165) is 26.4 Å². The number of phenols is 1. The summed E-state index contributed by atoms with van der Waals surface area (Å²) in [7, 11) is 0. The van der Waals surface area contributed by atoms with Crippen LogP contribution in [0.3, 0.4) is 0 Å². The first-order valence-corrected chi connectivity index (χ1v) is 7.80. The second kappa shape index (κ2) is 5.37. The van der Waals surface area contributed by atoms with Crippen LogP contribution >= 0.6 is 11.3 Å². The maximum absolute atomic E-state index is 10.7. The lowest BCUT2D eigenvalue weighted by molar-refractivity contribution is 0.110. The molecular formula is C18H11NO3S. The molecule has 0 radical (unpaired) electrons. The van der Waals surface area contributed by atoms with Crippen LogP contribution in [0.4, 0.5) is 0 Å². The van der Waals surface area contributed by atoms with Gasteiger partial charge in [0.15, 0.2) is 12.0 Å². The van der Waals surface area contributed by atoms with Crippen molar-refractivity contribution in [2.75, 3.05) is 0 Å². The van der Waals surface area contributed by atoms with Gasteiger partial charge in [-0.1, -0.05) is 12.1 Å². The molecule has 0 saturated heterocycles. The molecule has 112 valence electrons. The number of aromatic nitrogens is 1. The van der Waals surface area contributed by atoms with E-state index in [9.17, 15) is 9.90 Å². The number of nitrogens with zero attached hydrogens (tertiary/aromatic N) is 1.